The quantitative estimate of drug-likeness (QED) is 0.788. The van der Waals surface area contributed by atoms with Crippen LogP contribution in [0.2, 0.25) is 0 Å². The molecule has 0 spiro atoms. The summed E-state index contributed by atoms with van der Waals surface area (Å²) < 4.78 is 1.46. The van der Waals surface area contributed by atoms with E-state index < -0.39 is 6.03 Å². The molecule has 0 aliphatic carbocycles. The van der Waals surface area contributed by atoms with Crippen LogP contribution >= 0.6 is 0 Å². The Morgan fingerprint density at radius 2 is 2.33 bits per heavy atom. The molecule has 1 aromatic heterocycles. The van der Waals surface area contributed by atoms with E-state index in [0.29, 0.717) is 13.1 Å². The van der Waals surface area contributed by atoms with Crippen LogP contribution in [0.4, 0.5) is 9.59 Å². The van der Waals surface area contributed by atoms with Crippen LogP contribution in [0.3, 0.4) is 0 Å². The lowest BCUT2D eigenvalue weighted by molar-refractivity contribution is 0.166. The molecule has 0 radical (unpaired) electrons. The number of piperidine rings is 1. The molecule has 1 saturated heterocycles. The lowest BCUT2D eigenvalue weighted by atomic mass is 9.98. The Balaban J connectivity index is 1.90. The molecule has 2 rings (SSSR count). The highest BCUT2D eigenvalue weighted by molar-refractivity contribution is 5.76. The van der Waals surface area contributed by atoms with E-state index in [2.05, 4.69) is 10.3 Å². The fourth-order valence-electron chi connectivity index (χ4n) is 2.19. The van der Waals surface area contributed by atoms with Crippen molar-refractivity contribution in [1.82, 2.24) is 19.8 Å². The number of hydrogen-bond donors (Lipinski definition) is 2. The monoisotopic (exact) mass is 251 g/mol. The maximum atomic E-state index is 12.1. The van der Waals surface area contributed by atoms with Crippen molar-refractivity contribution in [1.29, 1.82) is 0 Å². The normalized spacial score (nSPS) is 19.6. The Morgan fingerprint density at radius 3 is 3.00 bits per heavy atom. The molecular formula is C11H17N5O2. The number of imidazole rings is 1. The number of amides is 3. The molecule has 0 saturated carbocycles. The van der Waals surface area contributed by atoms with Gasteiger partial charge in [0.15, 0.2) is 0 Å². The molecule has 18 heavy (non-hydrogen) atoms. The number of likely N-dealkylation sites (tertiary alicyclic amines) is 1. The van der Waals surface area contributed by atoms with Crippen molar-refractivity contribution in [2.75, 3.05) is 19.6 Å². The third-order valence-corrected chi connectivity index (χ3v) is 3.08. The van der Waals surface area contributed by atoms with Crippen LogP contribution in [-0.2, 0) is 0 Å². The lowest BCUT2D eigenvalue weighted by Crippen LogP contribution is -2.45. The van der Waals surface area contributed by atoms with Crippen molar-refractivity contribution < 1.29 is 9.59 Å². The molecule has 1 fully saturated rings. The second-order valence-corrected chi connectivity index (χ2v) is 4.45. The van der Waals surface area contributed by atoms with Gasteiger partial charge in [0, 0.05) is 32.0 Å². The van der Waals surface area contributed by atoms with Gasteiger partial charge in [-0.25, -0.2) is 14.6 Å². The second-order valence-electron chi connectivity index (χ2n) is 4.45. The van der Waals surface area contributed by atoms with Gasteiger partial charge in [-0.3, -0.25) is 4.57 Å². The first kappa shape index (κ1) is 12.4. The number of nitrogens with zero attached hydrogens (tertiary/aromatic N) is 3. The Hall–Kier alpha value is -2.05. The summed E-state index contributed by atoms with van der Waals surface area (Å²) in [5, 5.41) is 2.59. The van der Waals surface area contributed by atoms with Gasteiger partial charge in [-0.05, 0) is 18.8 Å². The smallest absolute Gasteiger partial charge is 0.329 e. The van der Waals surface area contributed by atoms with Gasteiger partial charge in [-0.1, -0.05) is 0 Å². The molecule has 98 valence electrons. The SMILES string of the molecule is NC(=O)NCC1CCCN(C(=O)n2ccnc2)C1. The molecule has 1 aromatic rings. The molecule has 2 heterocycles. The van der Waals surface area contributed by atoms with Crippen molar-refractivity contribution in [3.05, 3.63) is 18.7 Å². The average Bonchev–Trinajstić information content (AvgIpc) is 2.89. The van der Waals surface area contributed by atoms with Crippen LogP contribution in [0.1, 0.15) is 12.8 Å². The molecule has 7 heteroatoms. The molecule has 1 atom stereocenters. The Bertz CT molecular complexity index is 417. The molecule has 1 aliphatic rings. The molecule has 3 amide bonds. The molecule has 1 unspecified atom stereocenters. The zero-order valence-corrected chi connectivity index (χ0v) is 10.1. The van der Waals surface area contributed by atoms with Gasteiger partial charge < -0.3 is 16.0 Å². The number of nitrogens with two attached hydrogens (primary N) is 1. The van der Waals surface area contributed by atoms with Gasteiger partial charge >= 0.3 is 12.1 Å². The van der Waals surface area contributed by atoms with E-state index in [4.69, 9.17) is 5.73 Å². The second kappa shape index (κ2) is 5.52. The Kier molecular flexibility index (Phi) is 3.81. The minimum absolute atomic E-state index is 0.0729. The van der Waals surface area contributed by atoms with Crippen LogP contribution in [0, 0.1) is 5.92 Å². The van der Waals surface area contributed by atoms with Gasteiger partial charge in [0.25, 0.3) is 0 Å². The predicted octanol–water partition coefficient (Wildman–Crippen LogP) is 0.232. The third-order valence-electron chi connectivity index (χ3n) is 3.08. The fourth-order valence-corrected chi connectivity index (χ4v) is 2.19. The summed E-state index contributed by atoms with van der Waals surface area (Å²) in [5.74, 6) is 0.263. The first-order valence-electron chi connectivity index (χ1n) is 5.97. The maximum Gasteiger partial charge on any atom is 0.329 e. The lowest BCUT2D eigenvalue weighted by Gasteiger charge is -2.32. The number of rotatable bonds is 2. The van der Waals surface area contributed by atoms with E-state index in [-0.39, 0.29) is 11.9 Å². The number of aromatic nitrogens is 2. The van der Waals surface area contributed by atoms with Gasteiger partial charge in [0.1, 0.15) is 6.33 Å². The highest BCUT2D eigenvalue weighted by Crippen LogP contribution is 2.16. The largest absolute Gasteiger partial charge is 0.352 e. The van der Waals surface area contributed by atoms with Gasteiger partial charge in [0.05, 0.1) is 0 Å². The summed E-state index contributed by atoms with van der Waals surface area (Å²) in [7, 11) is 0. The van der Waals surface area contributed by atoms with E-state index in [1.807, 2.05) is 0 Å². The summed E-state index contributed by atoms with van der Waals surface area (Å²) in [4.78, 5) is 28.4. The Morgan fingerprint density at radius 1 is 1.50 bits per heavy atom. The summed E-state index contributed by atoms with van der Waals surface area (Å²) in [6.45, 7) is 1.89. The maximum absolute atomic E-state index is 12.1. The van der Waals surface area contributed by atoms with Crippen molar-refractivity contribution >= 4 is 12.1 Å². The number of carbonyl (C=O) groups is 2. The van der Waals surface area contributed by atoms with Gasteiger partial charge in [0.2, 0.25) is 0 Å². The van der Waals surface area contributed by atoms with Crippen LogP contribution in [0.5, 0.6) is 0 Å². The van der Waals surface area contributed by atoms with E-state index >= 15 is 0 Å². The van der Waals surface area contributed by atoms with Crippen molar-refractivity contribution in [2.24, 2.45) is 11.7 Å². The summed E-state index contributed by atoms with van der Waals surface area (Å²) in [6, 6.07) is -0.593. The minimum Gasteiger partial charge on any atom is -0.352 e. The first-order valence-corrected chi connectivity index (χ1v) is 5.97. The number of hydrogen-bond acceptors (Lipinski definition) is 3. The number of carbonyl (C=O) groups excluding carboxylic acids is 2. The fraction of sp³-hybridized carbons (Fsp3) is 0.545. The molecule has 0 bridgehead atoms. The standard InChI is InChI=1S/C11H17N5O2/c12-10(17)14-6-9-2-1-4-15(7-9)11(18)16-5-3-13-8-16/h3,5,8-9H,1-2,4,6-7H2,(H3,12,14,17). The van der Waals surface area contributed by atoms with Crippen LogP contribution in [0.15, 0.2) is 18.7 Å². The third kappa shape index (κ3) is 2.99. The highest BCUT2D eigenvalue weighted by Gasteiger charge is 2.24. The highest BCUT2D eigenvalue weighted by atomic mass is 16.2. The van der Waals surface area contributed by atoms with E-state index in [9.17, 15) is 9.59 Å². The van der Waals surface area contributed by atoms with Crippen molar-refractivity contribution in [2.45, 2.75) is 12.8 Å². The van der Waals surface area contributed by atoms with Crippen LogP contribution < -0.4 is 11.1 Å². The topological polar surface area (TPSA) is 93.3 Å². The predicted molar refractivity (Wildman–Crippen MR) is 64.9 cm³/mol. The average molecular weight is 251 g/mol. The molecule has 0 aromatic carbocycles. The summed E-state index contributed by atoms with van der Waals surface area (Å²) in [5.41, 5.74) is 5.04. The molecule has 1 aliphatic heterocycles. The van der Waals surface area contributed by atoms with Crippen molar-refractivity contribution in [3.63, 3.8) is 0 Å². The number of urea groups is 1. The zero-order valence-electron chi connectivity index (χ0n) is 10.1. The zero-order chi connectivity index (χ0) is 13.0. The summed E-state index contributed by atoms with van der Waals surface area (Å²) in [6.07, 6.45) is 6.63. The molecule has 3 N–H and O–H groups in total. The number of nitrogens with one attached hydrogen (secondary N) is 1. The van der Waals surface area contributed by atoms with E-state index in [0.717, 1.165) is 19.4 Å². The van der Waals surface area contributed by atoms with Crippen molar-refractivity contribution in [3.8, 4) is 0 Å². The van der Waals surface area contributed by atoms with Crippen LogP contribution in [0.25, 0.3) is 0 Å². The summed E-state index contributed by atoms with van der Waals surface area (Å²) >= 11 is 0. The van der Waals surface area contributed by atoms with Crippen LogP contribution in [-0.4, -0.2) is 46.1 Å². The number of primary amides is 1. The molecule has 7 nitrogen and oxygen atoms in total. The van der Waals surface area contributed by atoms with E-state index in [1.54, 1.807) is 17.3 Å². The van der Waals surface area contributed by atoms with Gasteiger partial charge in [-0.2, -0.15) is 0 Å². The first-order chi connectivity index (χ1) is 8.66. The minimum atomic E-state index is -0.520. The molecular weight excluding hydrogens is 234 g/mol. The van der Waals surface area contributed by atoms with Gasteiger partial charge in [-0.15, -0.1) is 0 Å². The van der Waals surface area contributed by atoms with E-state index in [1.165, 1.54) is 10.9 Å². The Labute approximate surface area is 105 Å².